The van der Waals surface area contributed by atoms with Crippen LogP contribution >= 0.6 is 0 Å². The maximum atomic E-state index is 12.6. The summed E-state index contributed by atoms with van der Waals surface area (Å²) in [5.74, 6) is -1.32. The Morgan fingerprint density at radius 3 is 2.46 bits per heavy atom. The number of rotatable bonds is 10. The monoisotopic (exact) mass is 345 g/mol. The van der Waals surface area contributed by atoms with E-state index in [1.165, 1.54) is 18.2 Å². The Kier molecular flexibility index (Phi) is 7.94. The summed E-state index contributed by atoms with van der Waals surface area (Å²) in [7, 11) is 0. The summed E-state index contributed by atoms with van der Waals surface area (Å²) < 4.78 is 35.7. The van der Waals surface area contributed by atoms with Crippen LogP contribution in [-0.4, -0.2) is 54.6 Å². The van der Waals surface area contributed by atoms with Gasteiger partial charge in [-0.05, 0) is 31.5 Å². The van der Waals surface area contributed by atoms with Gasteiger partial charge in [-0.2, -0.15) is 0 Å². The summed E-state index contributed by atoms with van der Waals surface area (Å²) in [6.07, 6.45) is -2.07. The Bertz CT molecular complexity index is 565. The minimum absolute atomic E-state index is 0.173. The number of carboxylic acid groups (broad SMARTS) is 1. The third-order valence-electron chi connectivity index (χ3n) is 2.98. The fraction of sp³-hybridized carbons (Fsp3) is 0.500. The zero-order valence-corrected chi connectivity index (χ0v) is 13.6. The second kappa shape index (κ2) is 9.69. The van der Waals surface area contributed by atoms with Crippen molar-refractivity contribution in [2.24, 2.45) is 0 Å². The normalized spacial score (nSPS) is 10.5. The highest BCUT2D eigenvalue weighted by atomic mass is 19.3. The summed E-state index contributed by atoms with van der Waals surface area (Å²) >= 11 is 0. The molecule has 0 heterocycles. The van der Waals surface area contributed by atoms with Gasteiger partial charge >= 0.3 is 5.97 Å². The number of aliphatic carboxylic acids is 1. The van der Waals surface area contributed by atoms with Gasteiger partial charge in [0.2, 0.25) is 0 Å². The van der Waals surface area contributed by atoms with Crippen molar-refractivity contribution in [1.29, 1.82) is 0 Å². The first-order valence-corrected chi connectivity index (χ1v) is 7.57. The first-order chi connectivity index (χ1) is 11.4. The van der Waals surface area contributed by atoms with Crippen molar-refractivity contribution < 1.29 is 33.0 Å². The molecule has 0 aromatic heterocycles. The van der Waals surface area contributed by atoms with Crippen molar-refractivity contribution in [2.45, 2.75) is 26.7 Å². The van der Waals surface area contributed by atoms with E-state index in [0.717, 1.165) is 4.90 Å². The first kappa shape index (κ1) is 19.7. The Morgan fingerprint density at radius 2 is 1.92 bits per heavy atom. The fourth-order valence-electron chi connectivity index (χ4n) is 2.06. The lowest BCUT2D eigenvalue weighted by Gasteiger charge is -2.22. The van der Waals surface area contributed by atoms with Gasteiger partial charge < -0.3 is 19.5 Å². The average Bonchev–Trinajstić information content (AvgIpc) is 2.52. The molecule has 0 spiro atoms. The van der Waals surface area contributed by atoms with Crippen LogP contribution in [0.2, 0.25) is 0 Å². The van der Waals surface area contributed by atoms with Crippen molar-refractivity contribution in [3.63, 3.8) is 0 Å². The van der Waals surface area contributed by atoms with Crippen LogP contribution in [0.15, 0.2) is 18.2 Å². The van der Waals surface area contributed by atoms with Gasteiger partial charge in [0.1, 0.15) is 0 Å². The molecule has 1 aromatic rings. The van der Waals surface area contributed by atoms with Crippen LogP contribution in [0.5, 0.6) is 11.5 Å². The van der Waals surface area contributed by atoms with Gasteiger partial charge in [-0.3, -0.25) is 4.79 Å². The Morgan fingerprint density at radius 1 is 1.21 bits per heavy atom. The van der Waals surface area contributed by atoms with E-state index in [-0.39, 0.29) is 30.2 Å². The second-order valence-corrected chi connectivity index (χ2v) is 4.92. The number of hydrogen-bond donors (Lipinski definition) is 1. The lowest BCUT2D eigenvalue weighted by molar-refractivity contribution is -0.139. The van der Waals surface area contributed by atoms with Gasteiger partial charge in [0, 0.05) is 12.1 Å². The summed E-state index contributed by atoms with van der Waals surface area (Å²) in [5.41, 5.74) is 0.176. The predicted octanol–water partition coefficient (Wildman–Crippen LogP) is 2.67. The number of carbonyl (C=O) groups excluding carboxylic acids is 1. The molecule has 0 aliphatic heterocycles. The molecule has 0 saturated carbocycles. The van der Waals surface area contributed by atoms with E-state index >= 15 is 0 Å². The number of carboxylic acids is 1. The molecular weight excluding hydrogens is 324 g/mol. The highest BCUT2D eigenvalue weighted by Gasteiger charge is 2.20. The molecule has 24 heavy (non-hydrogen) atoms. The van der Waals surface area contributed by atoms with E-state index in [1.807, 2.05) is 0 Å². The van der Waals surface area contributed by atoms with E-state index < -0.39 is 31.5 Å². The maximum absolute atomic E-state index is 12.6. The van der Waals surface area contributed by atoms with Crippen LogP contribution < -0.4 is 9.47 Å². The Balaban J connectivity index is 3.02. The maximum Gasteiger partial charge on any atom is 0.341 e. The standard InChI is InChI=1S/C16H21F2NO5/c1-3-7-19(9-14(17)18)16(22)11-5-6-12(24-10-15(20)21)13(8-11)23-4-2/h5-6,8,14H,3-4,7,9-10H2,1-2H3,(H,20,21). The molecule has 1 aromatic carbocycles. The summed E-state index contributed by atoms with van der Waals surface area (Å²) in [6, 6.07) is 4.17. The Labute approximate surface area is 139 Å². The number of alkyl halides is 2. The van der Waals surface area contributed by atoms with E-state index in [0.29, 0.717) is 6.42 Å². The number of benzene rings is 1. The van der Waals surface area contributed by atoms with Crippen molar-refractivity contribution in [3.8, 4) is 11.5 Å². The molecule has 0 saturated heterocycles. The van der Waals surface area contributed by atoms with Crippen molar-refractivity contribution in [2.75, 3.05) is 26.3 Å². The largest absolute Gasteiger partial charge is 0.490 e. The van der Waals surface area contributed by atoms with Crippen LogP contribution in [0, 0.1) is 0 Å². The SMILES string of the molecule is CCCN(CC(F)F)C(=O)c1ccc(OCC(=O)O)c(OCC)c1. The number of hydrogen-bond acceptors (Lipinski definition) is 4. The van der Waals surface area contributed by atoms with Crippen LogP contribution in [0.1, 0.15) is 30.6 Å². The van der Waals surface area contributed by atoms with Crippen LogP contribution in [0.4, 0.5) is 8.78 Å². The van der Waals surface area contributed by atoms with Gasteiger partial charge in [0.05, 0.1) is 13.2 Å². The lowest BCUT2D eigenvalue weighted by Crippen LogP contribution is -2.35. The number of nitrogens with zero attached hydrogens (tertiary/aromatic N) is 1. The van der Waals surface area contributed by atoms with E-state index in [2.05, 4.69) is 0 Å². The fourth-order valence-corrected chi connectivity index (χ4v) is 2.06. The predicted molar refractivity (Wildman–Crippen MR) is 82.9 cm³/mol. The smallest absolute Gasteiger partial charge is 0.341 e. The molecule has 8 heteroatoms. The molecule has 134 valence electrons. The van der Waals surface area contributed by atoms with Gasteiger partial charge in [-0.25, -0.2) is 13.6 Å². The summed E-state index contributed by atoms with van der Waals surface area (Å²) in [4.78, 5) is 24.1. The van der Waals surface area contributed by atoms with Crippen LogP contribution in [0.25, 0.3) is 0 Å². The zero-order chi connectivity index (χ0) is 18.1. The molecule has 0 bridgehead atoms. The molecule has 6 nitrogen and oxygen atoms in total. The average molecular weight is 345 g/mol. The van der Waals surface area contributed by atoms with Crippen LogP contribution in [0.3, 0.4) is 0 Å². The molecule has 0 unspecified atom stereocenters. The minimum atomic E-state index is -2.62. The number of amides is 1. The van der Waals surface area contributed by atoms with Gasteiger partial charge in [-0.1, -0.05) is 6.92 Å². The number of ether oxygens (including phenoxy) is 2. The van der Waals surface area contributed by atoms with Gasteiger partial charge in [0.15, 0.2) is 18.1 Å². The molecule has 0 aliphatic rings. The summed E-state index contributed by atoms with van der Waals surface area (Å²) in [5, 5.41) is 8.66. The lowest BCUT2D eigenvalue weighted by atomic mass is 10.1. The quantitative estimate of drug-likeness (QED) is 0.705. The second-order valence-electron chi connectivity index (χ2n) is 4.92. The molecule has 1 rings (SSSR count). The van der Waals surface area contributed by atoms with Crippen molar-refractivity contribution in [3.05, 3.63) is 23.8 Å². The van der Waals surface area contributed by atoms with Gasteiger partial charge in [0.25, 0.3) is 12.3 Å². The third kappa shape index (κ3) is 6.02. The summed E-state index contributed by atoms with van der Waals surface area (Å²) in [6.45, 7) is 2.80. The van der Waals surface area contributed by atoms with Crippen LogP contribution in [-0.2, 0) is 4.79 Å². The molecule has 0 atom stereocenters. The topological polar surface area (TPSA) is 76.1 Å². The highest BCUT2D eigenvalue weighted by molar-refractivity contribution is 5.95. The first-order valence-electron chi connectivity index (χ1n) is 7.57. The number of halogens is 2. The van der Waals surface area contributed by atoms with Gasteiger partial charge in [-0.15, -0.1) is 0 Å². The van der Waals surface area contributed by atoms with E-state index in [9.17, 15) is 18.4 Å². The highest BCUT2D eigenvalue weighted by Crippen LogP contribution is 2.29. The van der Waals surface area contributed by atoms with Crippen molar-refractivity contribution in [1.82, 2.24) is 4.90 Å². The minimum Gasteiger partial charge on any atom is -0.490 e. The molecular formula is C16H21F2NO5. The Hall–Kier alpha value is -2.38. The molecule has 1 N–H and O–H groups in total. The third-order valence-corrected chi connectivity index (χ3v) is 2.98. The molecule has 0 aliphatic carbocycles. The molecule has 1 amide bonds. The number of carbonyl (C=O) groups is 2. The zero-order valence-electron chi connectivity index (χ0n) is 13.6. The molecule has 0 radical (unpaired) electrons. The molecule has 0 fully saturated rings. The van der Waals surface area contributed by atoms with E-state index in [1.54, 1.807) is 13.8 Å². The van der Waals surface area contributed by atoms with Crippen molar-refractivity contribution >= 4 is 11.9 Å². The van der Waals surface area contributed by atoms with E-state index in [4.69, 9.17) is 14.6 Å².